The Bertz CT molecular complexity index is 404. The fourth-order valence-electron chi connectivity index (χ4n) is 2.20. The number of hydrogen-bond donors (Lipinski definition) is 2. The summed E-state index contributed by atoms with van der Waals surface area (Å²) in [6.07, 6.45) is -0.798. The summed E-state index contributed by atoms with van der Waals surface area (Å²) in [4.78, 5) is 0. The van der Waals surface area contributed by atoms with Crippen molar-refractivity contribution in [1.29, 1.82) is 0 Å². The minimum absolute atomic E-state index is 0.0703. The van der Waals surface area contributed by atoms with E-state index in [0.29, 0.717) is 5.56 Å². The molecule has 17 heavy (non-hydrogen) atoms. The fraction of sp³-hybridized carbons (Fsp3) is 0.500. The molecule has 0 unspecified atom stereocenters. The highest BCUT2D eigenvalue weighted by atomic mass is 19.3. The lowest BCUT2D eigenvalue weighted by Gasteiger charge is -2.17. The van der Waals surface area contributed by atoms with Gasteiger partial charge in [0.05, 0.1) is 7.11 Å². The SMILES string of the molecule is COc1cc(C(F)F)c([C@H]2CCCN2)cc1O. The molecule has 2 rings (SSSR count). The van der Waals surface area contributed by atoms with E-state index in [1.54, 1.807) is 0 Å². The van der Waals surface area contributed by atoms with Crippen LogP contribution in [0.5, 0.6) is 11.5 Å². The van der Waals surface area contributed by atoms with Crippen LogP contribution in [-0.2, 0) is 0 Å². The van der Waals surface area contributed by atoms with Crippen LogP contribution >= 0.6 is 0 Å². The number of ether oxygens (including phenoxy) is 1. The highest BCUT2D eigenvalue weighted by molar-refractivity contribution is 5.48. The first-order valence-electron chi connectivity index (χ1n) is 5.55. The molecule has 1 aliphatic heterocycles. The van der Waals surface area contributed by atoms with Gasteiger partial charge in [0.1, 0.15) is 0 Å². The molecule has 2 N–H and O–H groups in total. The van der Waals surface area contributed by atoms with Gasteiger partial charge in [-0.3, -0.25) is 0 Å². The lowest BCUT2D eigenvalue weighted by molar-refractivity contribution is 0.149. The number of phenolic OH excluding ortho intramolecular Hbond substituents is 1. The largest absolute Gasteiger partial charge is 0.504 e. The van der Waals surface area contributed by atoms with Crippen molar-refractivity contribution in [3.05, 3.63) is 23.3 Å². The third kappa shape index (κ3) is 2.34. The number of methoxy groups -OCH3 is 1. The number of benzene rings is 1. The number of aromatic hydroxyl groups is 1. The maximum atomic E-state index is 13.0. The van der Waals surface area contributed by atoms with E-state index in [9.17, 15) is 13.9 Å². The van der Waals surface area contributed by atoms with Crippen molar-refractivity contribution in [2.45, 2.75) is 25.3 Å². The third-order valence-electron chi connectivity index (χ3n) is 3.06. The first-order valence-corrected chi connectivity index (χ1v) is 5.55. The quantitative estimate of drug-likeness (QED) is 0.857. The number of phenols is 1. The molecule has 3 nitrogen and oxygen atoms in total. The van der Waals surface area contributed by atoms with Gasteiger partial charge < -0.3 is 15.2 Å². The first kappa shape index (κ1) is 12.1. The summed E-state index contributed by atoms with van der Waals surface area (Å²) < 4.78 is 30.8. The van der Waals surface area contributed by atoms with Crippen molar-refractivity contribution in [3.8, 4) is 11.5 Å². The zero-order valence-electron chi connectivity index (χ0n) is 9.54. The summed E-state index contributed by atoms with van der Waals surface area (Å²) in [7, 11) is 1.35. The van der Waals surface area contributed by atoms with E-state index in [1.807, 2.05) is 0 Å². The molecular weight excluding hydrogens is 228 g/mol. The molecule has 1 fully saturated rings. The van der Waals surface area contributed by atoms with Crippen LogP contribution < -0.4 is 10.1 Å². The average molecular weight is 243 g/mol. The van der Waals surface area contributed by atoms with Crippen LogP contribution in [0.3, 0.4) is 0 Å². The zero-order valence-corrected chi connectivity index (χ0v) is 9.54. The molecule has 1 aromatic rings. The standard InChI is InChI=1S/C12H15F2NO2/c1-17-11-6-8(12(13)14)7(5-10(11)16)9-3-2-4-15-9/h5-6,9,12,15-16H,2-4H2,1H3/t9-/m1/s1. The molecular formula is C12H15F2NO2. The Morgan fingerprint density at radius 1 is 1.47 bits per heavy atom. The Morgan fingerprint density at radius 2 is 2.24 bits per heavy atom. The molecule has 1 heterocycles. The molecule has 0 saturated carbocycles. The third-order valence-corrected chi connectivity index (χ3v) is 3.06. The summed E-state index contributed by atoms with van der Waals surface area (Å²) >= 11 is 0. The predicted octanol–water partition coefficient (Wildman–Crippen LogP) is 2.76. The smallest absolute Gasteiger partial charge is 0.264 e. The molecule has 0 spiro atoms. The Balaban J connectivity index is 2.44. The maximum Gasteiger partial charge on any atom is 0.264 e. The topological polar surface area (TPSA) is 41.5 Å². The molecule has 0 aromatic heterocycles. The Labute approximate surface area is 98.4 Å². The lowest BCUT2D eigenvalue weighted by Crippen LogP contribution is -2.15. The fourth-order valence-corrected chi connectivity index (χ4v) is 2.20. The van der Waals surface area contributed by atoms with E-state index in [-0.39, 0.29) is 23.1 Å². The Morgan fingerprint density at radius 3 is 2.76 bits per heavy atom. The Hall–Kier alpha value is -1.36. The van der Waals surface area contributed by atoms with Gasteiger partial charge in [-0.2, -0.15) is 0 Å². The zero-order chi connectivity index (χ0) is 12.4. The normalized spacial score (nSPS) is 19.9. The summed E-state index contributed by atoms with van der Waals surface area (Å²) in [6, 6.07) is 2.49. The minimum atomic E-state index is -2.57. The molecule has 1 aliphatic rings. The second-order valence-electron chi connectivity index (χ2n) is 4.10. The van der Waals surface area contributed by atoms with Crippen molar-refractivity contribution >= 4 is 0 Å². The molecule has 94 valence electrons. The number of nitrogens with one attached hydrogen (secondary N) is 1. The van der Waals surface area contributed by atoms with Crippen molar-refractivity contribution in [3.63, 3.8) is 0 Å². The summed E-state index contributed by atoms with van der Waals surface area (Å²) in [6.45, 7) is 0.820. The van der Waals surface area contributed by atoms with Crippen molar-refractivity contribution in [2.75, 3.05) is 13.7 Å². The van der Waals surface area contributed by atoms with Gasteiger partial charge in [-0.05, 0) is 37.1 Å². The van der Waals surface area contributed by atoms with E-state index in [1.165, 1.54) is 19.2 Å². The van der Waals surface area contributed by atoms with E-state index < -0.39 is 6.43 Å². The molecule has 1 saturated heterocycles. The molecule has 0 radical (unpaired) electrons. The highest BCUT2D eigenvalue weighted by Gasteiger charge is 2.25. The van der Waals surface area contributed by atoms with Crippen molar-refractivity contribution < 1.29 is 18.6 Å². The van der Waals surface area contributed by atoms with Crippen LogP contribution in [0.2, 0.25) is 0 Å². The van der Waals surface area contributed by atoms with Gasteiger partial charge in [0.2, 0.25) is 0 Å². The summed E-state index contributed by atoms with van der Waals surface area (Å²) in [5.74, 6) is -0.0114. The van der Waals surface area contributed by atoms with Gasteiger partial charge in [0.15, 0.2) is 11.5 Å². The van der Waals surface area contributed by atoms with Crippen molar-refractivity contribution in [1.82, 2.24) is 5.32 Å². The van der Waals surface area contributed by atoms with E-state index in [4.69, 9.17) is 4.74 Å². The maximum absolute atomic E-state index is 13.0. The monoisotopic (exact) mass is 243 g/mol. The van der Waals surface area contributed by atoms with Crippen LogP contribution in [0, 0.1) is 0 Å². The van der Waals surface area contributed by atoms with Crippen LogP contribution in [0.4, 0.5) is 8.78 Å². The van der Waals surface area contributed by atoms with E-state index in [2.05, 4.69) is 5.32 Å². The van der Waals surface area contributed by atoms with Gasteiger partial charge in [-0.1, -0.05) is 0 Å². The van der Waals surface area contributed by atoms with Gasteiger partial charge >= 0.3 is 0 Å². The second-order valence-corrected chi connectivity index (χ2v) is 4.10. The average Bonchev–Trinajstić information content (AvgIpc) is 2.81. The summed E-state index contributed by atoms with van der Waals surface area (Å²) in [5, 5.41) is 12.8. The number of alkyl halides is 2. The van der Waals surface area contributed by atoms with E-state index >= 15 is 0 Å². The van der Waals surface area contributed by atoms with Crippen LogP contribution in [0.15, 0.2) is 12.1 Å². The number of rotatable bonds is 3. The van der Waals surface area contributed by atoms with E-state index in [0.717, 1.165) is 19.4 Å². The van der Waals surface area contributed by atoms with Gasteiger partial charge in [-0.25, -0.2) is 8.78 Å². The van der Waals surface area contributed by atoms with Crippen molar-refractivity contribution in [2.24, 2.45) is 0 Å². The highest BCUT2D eigenvalue weighted by Crippen LogP contribution is 2.38. The van der Waals surface area contributed by atoms with Crippen LogP contribution in [0.1, 0.15) is 36.4 Å². The van der Waals surface area contributed by atoms with Gasteiger partial charge in [-0.15, -0.1) is 0 Å². The molecule has 0 amide bonds. The molecule has 0 bridgehead atoms. The second kappa shape index (κ2) is 4.87. The number of halogens is 2. The summed E-state index contributed by atoms with van der Waals surface area (Å²) in [5.41, 5.74) is 0.398. The van der Waals surface area contributed by atoms with Gasteiger partial charge in [0.25, 0.3) is 6.43 Å². The van der Waals surface area contributed by atoms with Gasteiger partial charge in [0, 0.05) is 11.6 Å². The Kier molecular flexibility index (Phi) is 3.47. The molecule has 1 atom stereocenters. The molecule has 5 heteroatoms. The predicted molar refractivity (Wildman–Crippen MR) is 59.6 cm³/mol. The molecule has 1 aromatic carbocycles. The van der Waals surface area contributed by atoms with Crippen LogP contribution in [-0.4, -0.2) is 18.8 Å². The number of hydrogen-bond acceptors (Lipinski definition) is 3. The van der Waals surface area contributed by atoms with Crippen LogP contribution in [0.25, 0.3) is 0 Å². The minimum Gasteiger partial charge on any atom is -0.504 e. The first-order chi connectivity index (χ1) is 8.13. The lowest BCUT2D eigenvalue weighted by atomic mass is 9.98. The molecule has 0 aliphatic carbocycles.